The molecule has 1 N–H and O–H groups in total. The van der Waals surface area contributed by atoms with Crippen molar-refractivity contribution in [3.63, 3.8) is 0 Å². The van der Waals surface area contributed by atoms with Gasteiger partial charge in [0.1, 0.15) is 0 Å². The number of ether oxygens (including phenoxy) is 2. The molecule has 1 atom stereocenters. The zero-order valence-corrected chi connectivity index (χ0v) is 15.7. The van der Waals surface area contributed by atoms with Crippen LogP contribution in [0.3, 0.4) is 0 Å². The van der Waals surface area contributed by atoms with Gasteiger partial charge in [0.15, 0.2) is 0 Å². The second kappa shape index (κ2) is 7.40. The van der Waals surface area contributed by atoms with Gasteiger partial charge in [-0.15, -0.1) is 0 Å². The Morgan fingerprint density at radius 1 is 1.19 bits per heavy atom. The molecule has 142 valence electrons. The predicted molar refractivity (Wildman–Crippen MR) is 97.9 cm³/mol. The number of aryl methyl sites for hydroxylation is 2. The number of rotatable bonds is 5. The van der Waals surface area contributed by atoms with E-state index in [9.17, 15) is 18.0 Å². The summed E-state index contributed by atoms with van der Waals surface area (Å²) in [5.74, 6) is -1.37. The normalized spacial score (nSPS) is 16.7. The molecule has 1 fully saturated rings. The van der Waals surface area contributed by atoms with Crippen LogP contribution in [-0.2, 0) is 24.3 Å². The van der Waals surface area contributed by atoms with Gasteiger partial charge in [0.05, 0.1) is 17.1 Å². The van der Waals surface area contributed by atoms with E-state index in [1.807, 2.05) is 13.0 Å². The SMILES string of the molecule is Cc1cccc(NS(=O)(=O)c2cc(C(=O)O[C@H]3CCOC3=O)ccc2C)c1. The Hall–Kier alpha value is -2.87. The molecule has 0 aliphatic carbocycles. The van der Waals surface area contributed by atoms with Gasteiger partial charge in [-0.05, 0) is 49.2 Å². The molecule has 1 saturated heterocycles. The van der Waals surface area contributed by atoms with Crippen LogP contribution in [-0.4, -0.2) is 33.1 Å². The van der Waals surface area contributed by atoms with Crippen molar-refractivity contribution in [2.75, 3.05) is 11.3 Å². The fraction of sp³-hybridized carbons (Fsp3) is 0.263. The summed E-state index contributed by atoms with van der Waals surface area (Å²) in [4.78, 5) is 23.7. The fourth-order valence-corrected chi connectivity index (χ4v) is 4.04. The van der Waals surface area contributed by atoms with Gasteiger partial charge in [-0.25, -0.2) is 18.0 Å². The van der Waals surface area contributed by atoms with E-state index in [1.54, 1.807) is 25.1 Å². The van der Waals surface area contributed by atoms with Gasteiger partial charge >= 0.3 is 11.9 Å². The average Bonchev–Trinajstić information content (AvgIpc) is 2.99. The highest BCUT2D eigenvalue weighted by molar-refractivity contribution is 7.92. The van der Waals surface area contributed by atoms with E-state index in [4.69, 9.17) is 9.47 Å². The van der Waals surface area contributed by atoms with E-state index >= 15 is 0 Å². The summed E-state index contributed by atoms with van der Waals surface area (Å²) in [5.41, 5.74) is 1.86. The maximum Gasteiger partial charge on any atom is 0.347 e. The van der Waals surface area contributed by atoms with Crippen LogP contribution in [0.25, 0.3) is 0 Å². The highest BCUT2D eigenvalue weighted by Crippen LogP contribution is 2.22. The number of carbonyl (C=O) groups is 2. The summed E-state index contributed by atoms with van der Waals surface area (Å²) in [7, 11) is -3.90. The minimum Gasteiger partial charge on any atom is -0.463 e. The Labute approximate surface area is 157 Å². The quantitative estimate of drug-likeness (QED) is 0.789. The number of anilines is 1. The molecule has 27 heavy (non-hydrogen) atoms. The lowest BCUT2D eigenvalue weighted by molar-refractivity contribution is -0.145. The van der Waals surface area contributed by atoms with Gasteiger partial charge < -0.3 is 9.47 Å². The Morgan fingerprint density at radius 3 is 2.63 bits per heavy atom. The Morgan fingerprint density at radius 2 is 1.96 bits per heavy atom. The summed E-state index contributed by atoms with van der Waals surface area (Å²) in [6, 6.07) is 11.2. The molecule has 2 aromatic carbocycles. The van der Waals surface area contributed by atoms with E-state index in [2.05, 4.69) is 4.72 Å². The zero-order chi connectivity index (χ0) is 19.6. The van der Waals surface area contributed by atoms with Crippen molar-refractivity contribution < 1.29 is 27.5 Å². The molecule has 0 unspecified atom stereocenters. The van der Waals surface area contributed by atoms with Crippen molar-refractivity contribution in [3.8, 4) is 0 Å². The van der Waals surface area contributed by atoms with Crippen molar-refractivity contribution in [2.24, 2.45) is 0 Å². The first-order valence-corrected chi connectivity index (χ1v) is 9.82. The number of hydrogen-bond donors (Lipinski definition) is 1. The van der Waals surface area contributed by atoms with Crippen molar-refractivity contribution in [1.29, 1.82) is 0 Å². The average molecular weight is 389 g/mol. The number of carbonyl (C=O) groups excluding carboxylic acids is 2. The maximum atomic E-state index is 12.8. The molecular weight excluding hydrogens is 370 g/mol. The van der Waals surface area contributed by atoms with Crippen LogP contribution in [0.15, 0.2) is 47.4 Å². The van der Waals surface area contributed by atoms with Crippen LogP contribution < -0.4 is 4.72 Å². The van der Waals surface area contributed by atoms with Crippen LogP contribution in [0.4, 0.5) is 5.69 Å². The number of benzene rings is 2. The number of esters is 2. The molecular formula is C19H19NO6S. The van der Waals surface area contributed by atoms with E-state index < -0.39 is 28.1 Å². The third-order valence-electron chi connectivity index (χ3n) is 4.12. The van der Waals surface area contributed by atoms with Crippen molar-refractivity contribution >= 4 is 27.6 Å². The molecule has 2 aromatic rings. The first kappa shape index (κ1) is 18.9. The summed E-state index contributed by atoms with van der Waals surface area (Å²) < 4.78 is 37.9. The number of hydrogen-bond acceptors (Lipinski definition) is 6. The van der Waals surface area contributed by atoms with Crippen LogP contribution in [0, 0.1) is 13.8 Å². The highest BCUT2D eigenvalue weighted by Gasteiger charge is 2.31. The highest BCUT2D eigenvalue weighted by atomic mass is 32.2. The van der Waals surface area contributed by atoms with Crippen LogP contribution >= 0.6 is 0 Å². The molecule has 3 rings (SSSR count). The van der Waals surface area contributed by atoms with E-state index in [-0.39, 0.29) is 23.5 Å². The van der Waals surface area contributed by atoms with Gasteiger partial charge in [0.2, 0.25) is 6.10 Å². The predicted octanol–water partition coefficient (Wildman–Crippen LogP) is 2.58. The largest absolute Gasteiger partial charge is 0.463 e. The van der Waals surface area contributed by atoms with Crippen molar-refractivity contribution in [2.45, 2.75) is 31.3 Å². The summed E-state index contributed by atoms with van der Waals surface area (Å²) in [5, 5.41) is 0. The van der Waals surface area contributed by atoms with Crippen LogP contribution in [0.2, 0.25) is 0 Å². The Balaban J connectivity index is 1.86. The standard InChI is InChI=1S/C19H19NO6S/c1-12-4-3-5-15(10-12)20-27(23,24)17-11-14(7-6-13(17)2)18(21)26-16-8-9-25-19(16)22/h3-7,10-11,16,20H,8-9H2,1-2H3/t16-/m0/s1. The minimum atomic E-state index is -3.90. The summed E-state index contributed by atoms with van der Waals surface area (Å²) >= 11 is 0. The number of cyclic esters (lactones) is 1. The first-order chi connectivity index (χ1) is 12.8. The van der Waals surface area contributed by atoms with Crippen LogP contribution in [0.5, 0.6) is 0 Å². The molecule has 8 heteroatoms. The zero-order valence-electron chi connectivity index (χ0n) is 14.9. The van der Waals surface area contributed by atoms with Gasteiger partial charge in [-0.3, -0.25) is 4.72 Å². The molecule has 0 aromatic heterocycles. The van der Waals surface area contributed by atoms with E-state index in [0.29, 0.717) is 11.3 Å². The lowest BCUT2D eigenvalue weighted by Gasteiger charge is -2.13. The molecule has 1 aliphatic heterocycles. The molecule has 1 heterocycles. The van der Waals surface area contributed by atoms with Gasteiger partial charge in [-0.1, -0.05) is 18.2 Å². The molecule has 0 radical (unpaired) electrons. The van der Waals surface area contributed by atoms with Crippen molar-refractivity contribution in [1.82, 2.24) is 0 Å². The monoisotopic (exact) mass is 389 g/mol. The third kappa shape index (κ3) is 4.28. The fourth-order valence-electron chi connectivity index (χ4n) is 2.72. The lowest BCUT2D eigenvalue weighted by atomic mass is 10.1. The van der Waals surface area contributed by atoms with E-state index in [1.165, 1.54) is 18.2 Å². The molecule has 0 saturated carbocycles. The number of sulfonamides is 1. The molecule has 0 bridgehead atoms. The van der Waals surface area contributed by atoms with Crippen molar-refractivity contribution in [3.05, 3.63) is 59.2 Å². The number of nitrogens with one attached hydrogen (secondary N) is 1. The third-order valence-corrected chi connectivity index (χ3v) is 5.64. The second-order valence-corrected chi connectivity index (χ2v) is 7.96. The summed E-state index contributed by atoms with van der Waals surface area (Å²) in [6.07, 6.45) is -0.666. The Kier molecular flexibility index (Phi) is 5.18. The van der Waals surface area contributed by atoms with Crippen LogP contribution in [0.1, 0.15) is 27.9 Å². The molecule has 1 aliphatic rings. The van der Waals surface area contributed by atoms with Gasteiger partial charge in [0, 0.05) is 12.1 Å². The summed E-state index contributed by atoms with van der Waals surface area (Å²) in [6.45, 7) is 3.69. The lowest BCUT2D eigenvalue weighted by Crippen LogP contribution is -2.23. The minimum absolute atomic E-state index is 0.0348. The molecule has 7 nitrogen and oxygen atoms in total. The molecule has 0 spiro atoms. The second-order valence-electron chi connectivity index (χ2n) is 6.31. The van der Waals surface area contributed by atoms with Gasteiger partial charge in [0.25, 0.3) is 10.0 Å². The first-order valence-electron chi connectivity index (χ1n) is 8.34. The smallest absolute Gasteiger partial charge is 0.347 e. The maximum absolute atomic E-state index is 12.8. The Bertz CT molecular complexity index is 999. The molecule has 0 amide bonds. The van der Waals surface area contributed by atoms with Gasteiger partial charge in [-0.2, -0.15) is 0 Å². The van der Waals surface area contributed by atoms with E-state index in [0.717, 1.165) is 5.56 Å². The topological polar surface area (TPSA) is 98.8 Å².